The Morgan fingerprint density at radius 3 is 2.70 bits per heavy atom. The molecule has 3 rings (SSSR count). The summed E-state index contributed by atoms with van der Waals surface area (Å²) in [7, 11) is -2.85. The zero-order chi connectivity index (χ0) is 19.6. The van der Waals surface area contributed by atoms with Crippen molar-refractivity contribution in [3.63, 3.8) is 0 Å². The third-order valence-electron chi connectivity index (χ3n) is 6.12. The summed E-state index contributed by atoms with van der Waals surface area (Å²) in [4.78, 5) is 13.8. The zero-order valence-corrected chi connectivity index (χ0v) is 17.7. The van der Waals surface area contributed by atoms with Crippen molar-refractivity contribution in [3.8, 4) is 0 Å². The molecule has 150 valence electrons. The second kappa shape index (κ2) is 8.41. The van der Waals surface area contributed by atoms with E-state index in [0.717, 1.165) is 31.5 Å². The van der Waals surface area contributed by atoms with Gasteiger partial charge in [-0.2, -0.15) is 0 Å². The molecule has 27 heavy (non-hydrogen) atoms. The third kappa shape index (κ3) is 4.61. The molecule has 1 aromatic carbocycles. The smallest absolute Gasteiger partial charge is 0.246 e. The Labute approximate surface area is 162 Å². The molecule has 2 saturated heterocycles. The van der Waals surface area contributed by atoms with Gasteiger partial charge in [-0.15, -0.1) is 0 Å². The number of ether oxygens (including phenoxy) is 1. The van der Waals surface area contributed by atoms with Gasteiger partial charge in [0.05, 0.1) is 12.2 Å². The highest BCUT2D eigenvalue weighted by Gasteiger charge is 2.50. The van der Waals surface area contributed by atoms with E-state index in [1.54, 1.807) is 13.1 Å². The van der Waals surface area contributed by atoms with E-state index in [0.29, 0.717) is 12.8 Å². The lowest BCUT2D eigenvalue weighted by molar-refractivity contribution is -0.117. The Kier molecular flexibility index (Phi) is 6.38. The fourth-order valence-electron chi connectivity index (χ4n) is 4.89. The number of hydrogen-bond donors (Lipinski definition) is 1. The number of aliphatic hydroxyl groups excluding tert-OH is 1. The van der Waals surface area contributed by atoms with Crippen LogP contribution in [0.1, 0.15) is 38.2 Å². The summed E-state index contributed by atoms with van der Waals surface area (Å²) in [6, 6.07) is 8.18. The van der Waals surface area contributed by atoms with E-state index in [4.69, 9.17) is 4.74 Å². The summed E-state index contributed by atoms with van der Waals surface area (Å²) in [5.74, 6) is 0.362. The van der Waals surface area contributed by atoms with Crippen molar-refractivity contribution in [1.29, 1.82) is 0 Å². The topological polar surface area (TPSA) is 49.8 Å². The summed E-state index contributed by atoms with van der Waals surface area (Å²) < 4.78 is 21.0. The van der Waals surface area contributed by atoms with E-state index in [1.807, 2.05) is 17.0 Å². The first kappa shape index (κ1) is 20.5. The molecule has 2 heterocycles. The maximum atomic E-state index is 14.9. The molecule has 1 aromatic rings. The molecule has 0 spiro atoms. The van der Waals surface area contributed by atoms with Crippen LogP contribution < -0.4 is 4.90 Å². The van der Waals surface area contributed by atoms with Crippen molar-refractivity contribution in [2.45, 2.75) is 69.9 Å². The van der Waals surface area contributed by atoms with Crippen molar-refractivity contribution in [1.82, 2.24) is 0 Å². The predicted molar refractivity (Wildman–Crippen MR) is 108 cm³/mol. The number of benzene rings is 1. The number of halogens is 1. The summed E-state index contributed by atoms with van der Waals surface area (Å²) >= 11 is 0. The van der Waals surface area contributed by atoms with Crippen molar-refractivity contribution >= 4 is 20.0 Å². The van der Waals surface area contributed by atoms with Crippen LogP contribution in [-0.2, 0) is 16.0 Å². The number of nitrogens with zero attached hydrogens (tertiary/aromatic N) is 1. The summed E-state index contributed by atoms with van der Waals surface area (Å²) in [6.45, 7) is 6.44. The third-order valence-corrected chi connectivity index (χ3v) is 8.61. The predicted octanol–water partition coefficient (Wildman–Crippen LogP) is 4.08. The molecule has 2 fully saturated rings. The van der Waals surface area contributed by atoms with Crippen molar-refractivity contribution in [3.05, 3.63) is 29.8 Å². The maximum Gasteiger partial charge on any atom is 0.246 e. The molecular formula is C21H32FNO3Si. The van der Waals surface area contributed by atoms with Gasteiger partial charge in [-0.1, -0.05) is 19.1 Å². The van der Waals surface area contributed by atoms with E-state index >= 15 is 0 Å². The SMILES string of the molecule is C[C@@H]1[C@@H]([Si](C)(C)F)[C@H](CCO)O[C@@H]1CCc1cccc(N2CCCC2=O)c1. The monoisotopic (exact) mass is 393 g/mol. The number of carbonyl (C=O) groups is 1. The minimum Gasteiger partial charge on any atom is -0.396 e. The molecule has 6 heteroatoms. The van der Waals surface area contributed by atoms with Crippen LogP contribution >= 0.6 is 0 Å². The Morgan fingerprint density at radius 1 is 1.30 bits per heavy atom. The average molecular weight is 394 g/mol. The summed E-state index contributed by atoms with van der Waals surface area (Å²) in [5.41, 5.74) is 2.09. The number of carbonyl (C=O) groups excluding carboxylic acids is 1. The normalized spacial score (nSPS) is 28.9. The van der Waals surface area contributed by atoms with Gasteiger partial charge in [0.15, 0.2) is 0 Å². The van der Waals surface area contributed by atoms with Gasteiger partial charge < -0.3 is 18.9 Å². The molecule has 0 aliphatic carbocycles. The highest BCUT2D eigenvalue weighted by Crippen LogP contribution is 2.46. The molecule has 0 bridgehead atoms. The fraction of sp³-hybridized carbons (Fsp3) is 0.667. The van der Waals surface area contributed by atoms with Crippen molar-refractivity contribution < 1.29 is 18.7 Å². The molecule has 1 amide bonds. The van der Waals surface area contributed by atoms with Gasteiger partial charge in [-0.3, -0.25) is 4.79 Å². The molecule has 4 atom stereocenters. The highest BCUT2D eigenvalue weighted by molar-refractivity contribution is 6.72. The molecule has 0 radical (unpaired) electrons. The molecule has 2 aliphatic rings. The molecule has 1 N–H and O–H groups in total. The Morgan fingerprint density at radius 2 is 2.07 bits per heavy atom. The maximum absolute atomic E-state index is 14.9. The fourth-order valence-corrected chi connectivity index (χ4v) is 7.48. The summed E-state index contributed by atoms with van der Waals surface area (Å²) in [6.07, 6.45) is 3.60. The summed E-state index contributed by atoms with van der Waals surface area (Å²) in [5, 5.41) is 9.33. The Hall–Kier alpha value is -1.24. The first-order valence-electron chi connectivity index (χ1n) is 10.2. The van der Waals surface area contributed by atoms with Crippen LogP contribution in [0.5, 0.6) is 0 Å². The first-order valence-corrected chi connectivity index (χ1v) is 13.1. The number of anilines is 1. The van der Waals surface area contributed by atoms with Gasteiger partial charge >= 0.3 is 0 Å². The molecular weight excluding hydrogens is 361 g/mol. The van der Waals surface area contributed by atoms with Crippen LogP contribution in [0.4, 0.5) is 9.80 Å². The lowest BCUT2D eigenvalue weighted by Crippen LogP contribution is -2.36. The van der Waals surface area contributed by atoms with E-state index in [2.05, 4.69) is 19.1 Å². The number of hydrogen-bond acceptors (Lipinski definition) is 3. The quantitative estimate of drug-likeness (QED) is 0.561. The molecule has 4 nitrogen and oxygen atoms in total. The van der Waals surface area contributed by atoms with E-state index in [-0.39, 0.29) is 36.2 Å². The largest absolute Gasteiger partial charge is 0.396 e. The minimum atomic E-state index is -2.85. The molecule has 0 aromatic heterocycles. The molecule has 0 saturated carbocycles. The second-order valence-corrected chi connectivity index (χ2v) is 12.3. The average Bonchev–Trinajstić information content (AvgIpc) is 3.16. The van der Waals surface area contributed by atoms with Crippen molar-refractivity contribution in [2.24, 2.45) is 5.92 Å². The minimum absolute atomic E-state index is 0.0196. The van der Waals surface area contributed by atoms with E-state index < -0.39 is 8.41 Å². The van der Waals surface area contributed by atoms with Crippen LogP contribution in [0.3, 0.4) is 0 Å². The number of rotatable bonds is 7. The second-order valence-electron chi connectivity index (χ2n) is 8.53. The van der Waals surface area contributed by atoms with Crippen LogP contribution in [0.15, 0.2) is 24.3 Å². The Balaban J connectivity index is 1.65. The zero-order valence-electron chi connectivity index (χ0n) is 16.7. The first-order chi connectivity index (χ1) is 12.8. The van der Waals surface area contributed by atoms with Gasteiger partial charge in [-0.05, 0) is 62.4 Å². The molecule has 0 unspecified atom stereocenters. The number of aliphatic hydroxyl groups is 1. The Bertz CT molecular complexity index is 663. The van der Waals surface area contributed by atoms with Crippen LogP contribution in [-0.4, -0.2) is 44.8 Å². The van der Waals surface area contributed by atoms with E-state index in [9.17, 15) is 14.0 Å². The standard InChI is InChI=1S/C21H32FNO3Si/c1-15-18(26-19(11-13-24)21(15)27(2,3)22)10-9-16-6-4-7-17(14-16)23-12-5-8-20(23)25/h4,6-7,14-15,18-19,21,24H,5,8-13H2,1-3H3/t15-,18+,19-,21+/m0/s1. The van der Waals surface area contributed by atoms with Gasteiger partial charge in [0, 0.05) is 30.8 Å². The van der Waals surface area contributed by atoms with Crippen LogP contribution in [0.25, 0.3) is 0 Å². The molecule has 2 aliphatic heterocycles. The lowest BCUT2D eigenvalue weighted by atomic mass is 9.95. The van der Waals surface area contributed by atoms with Gasteiger partial charge in [0.1, 0.15) is 0 Å². The number of amides is 1. The lowest BCUT2D eigenvalue weighted by Gasteiger charge is -2.28. The van der Waals surface area contributed by atoms with Crippen molar-refractivity contribution in [2.75, 3.05) is 18.1 Å². The van der Waals surface area contributed by atoms with E-state index in [1.165, 1.54) is 5.56 Å². The van der Waals surface area contributed by atoms with Crippen LogP contribution in [0, 0.1) is 5.92 Å². The van der Waals surface area contributed by atoms with Crippen LogP contribution in [0.2, 0.25) is 18.6 Å². The van der Waals surface area contributed by atoms with Gasteiger partial charge in [0.2, 0.25) is 14.3 Å². The van der Waals surface area contributed by atoms with Gasteiger partial charge in [-0.25, -0.2) is 0 Å². The van der Waals surface area contributed by atoms with Gasteiger partial charge in [0.25, 0.3) is 0 Å². The number of aryl methyl sites for hydroxylation is 1. The highest BCUT2D eigenvalue weighted by atomic mass is 28.4.